The molecule has 0 rings (SSSR count). The number of hydrogen-bond donors (Lipinski definition) is 0. The van der Waals surface area contributed by atoms with Crippen LogP contribution in [0.15, 0.2) is 0 Å². The van der Waals surface area contributed by atoms with Crippen molar-refractivity contribution in [1.82, 2.24) is 0 Å². The number of methoxy groups -OCH3 is 1. The Hall–Kier alpha value is 0.177. The molecule has 0 radical (unpaired) electrons. The first-order valence-electron chi connectivity index (χ1n) is 3.87. The largest absolute Gasteiger partial charge is 0.381 e. The van der Waals surface area contributed by atoms with Gasteiger partial charge in [-0.25, -0.2) is 0 Å². The highest BCUT2D eigenvalue weighted by Gasteiger charge is 2.00. The van der Waals surface area contributed by atoms with E-state index in [1.54, 1.807) is 7.11 Å². The Morgan fingerprint density at radius 1 is 1.56 bits per heavy atom. The predicted octanol–water partition coefficient (Wildman–Crippen LogP) is 0.975. The van der Waals surface area contributed by atoms with E-state index in [1.807, 2.05) is 0 Å². The minimum absolute atomic E-state index is 0.527. The summed E-state index contributed by atoms with van der Waals surface area (Å²) in [6.07, 6.45) is 4.31. The maximum absolute atomic E-state index is 5.22. The van der Waals surface area contributed by atoms with Crippen molar-refractivity contribution >= 4 is 10.2 Å². The Morgan fingerprint density at radius 2 is 2.22 bits per heavy atom. The van der Waals surface area contributed by atoms with Crippen molar-refractivity contribution in [3.8, 4) is 0 Å². The average Bonchev–Trinajstić information content (AvgIpc) is 1.91. The van der Waals surface area contributed by atoms with Crippen LogP contribution in [-0.4, -0.2) is 23.5 Å². The van der Waals surface area contributed by atoms with E-state index in [0.717, 1.165) is 6.42 Å². The van der Waals surface area contributed by atoms with Gasteiger partial charge in [-0.3, -0.25) is 0 Å². The van der Waals surface area contributed by atoms with E-state index < -0.39 is 0 Å². The minimum atomic E-state index is 0.527. The van der Waals surface area contributed by atoms with Crippen molar-refractivity contribution in [2.24, 2.45) is 0 Å². The summed E-state index contributed by atoms with van der Waals surface area (Å²) < 4.78 is 5.22. The molecule has 1 unspecified atom stereocenters. The summed E-state index contributed by atoms with van der Waals surface area (Å²) in [5.41, 5.74) is 0. The normalized spacial score (nSPS) is 14.0. The molecule has 0 aromatic rings. The summed E-state index contributed by atoms with van der Waals surface area (Å²) in [6.45, 7) is 2.18. The van der Waals surface area contributed by atoms with Gasteiger partial charge in [-0.15, -0.1) is 0 Å². The van der Waals surface area contributed by atoms with E-state index in [2.05, 4.69) is 6.92 Å². The van der Waals surface area contributed by atoms with Crippen LogP contribution in [0.1, 0.15) is 26.2 Å². The molecule has 0 saturated carbocycles. The Kier molecular flexibility index (Phi) is 6.42. The molecule has 2 heteroatoms. The van der Waals surface area contributed by atoms with Crippen LogP contribution in [0.3, 0.4) is 0 Å². The molecule has 9 heavy (non-hydrogen) atoms. The smallest absolute Gasteiger partial charge is 0.0568 e. The van der Waals surface area contributed by atoms with Crippen LogP contribution >= 0.6 is 0 Å². The zero-order valence-electron chi connectivity index (χ0n) is 6.81. The molecule has 56 valence electrons. The quantitative estimate of drug-likeness (QED) is 0.525. The van der Waals surface area contributed by atoms with E-state index in [4.69, 9.17) is 4.74 Å². The van der Waals surface area contributed by atoms with Crippen molar-refractivity contribution in [3.05, 3.63) is 0 Å². The molecule has 0 heterocycles. The topological polar surface area (TPSA) is 9.23 Å². The Bertz CT molecular complexity index is 52.9. The second kappa shape index (κ2) is 6.30. The fraction of sp³-hybridized carbons (Fsp3) is 1.00. The van der Waals surface area contributed by atoms with Crippen LogP contribution in [0.4, 0.5) is 0 Å². The third-order valence-corrected chi connectivity index (χ3v) is 2.38. The Balaban J connectivity index is 3.09. The maximum Gasteiger partial charge on any atom is 0.0568 e. The van der Waals surface area contributed by atoms with Crippen molar-refractivity contribution in [2.45, 2.75) is 38.3 Å². The number of ether oxygens (including phenoxy) is 1. The van der Waals surface area contributed by atoms with Crippen molar-refractivity contribution < 1.29 is 4.74 Å². The standard InChI is InChI=1S/C7H18OSi/c1-3-7(8-2)5-4-6-9/h7H,3-6H2,1-2,9H3. The summed E-state index contributed by atoms with van der Waals surface area (Å²) in [6, 6.07) is 1.42. The van der Waals surface area contributed by atoms with Crippen molar-refractivity contribution in [2.75, 3.05) is 7.11 Å². The van der Waals surface area contributed by atoms with Gasteiger partial charge in [0.15, 0.2) is 0 Å². The highest BCUT2D eigenvalue weighted by atomic mass is 28.1. The van der Waals surface area contributed by atoms with Gasteiger partial charge in [0.1, 0.15) is 0 Å². The third kappa shape index (κ3) is 4.67. The fourth-order valence-electron chi connectivity index (χ4n) is 0.920. The number of rotatable bonds is 5. The highest BCUT2D eigenvalue weighted by Crippen LogP contribution is 2.05. The molecule has 0 aliphatic carbocycles. The molecule has 0 saturated heterocycles. The molecule has 0 fully saturated rings. The molecule has 1 atom stereocenters. The second-order valence-corrected chi connectivity index (χ2v) is 3.41. The van der Waals surface area contributed by atoms with Gasteiger partial charge in [-0.1, -0.05) is 19.4 Å². The second-order valence-electron chi connectivity index (χ2n) is 2.41. The lowest BCUT2D eigenvalue weighted by atomic mass is 10.2. The summed E-state index contributed by atoms with van der Waals surface area (Å²) in [7, 11) is 3.15. The monoisotopic (exact) mass is 146 g/mol. The lowest BCUT2D eigenvalue weighted by molar-refractivity contribution is 0.0916. The van der Waals surface area contributed by atoms with Gasteiger partial charge in [-0.05, 0) is 12.8 Å². The van der Waals surface area contributed by atoms with Crippen molar-refractivity contribution in [3.63, 3.8) is 0 Å². The van der Waals surface area contributed by atoms with Crippen LogP contribution < -0.4 is 0 Å². The van der Waals surface area contributed by atoms with Gasteiger partial charge in [0.2, 0.25) is 0 Å². The molecular formula is C7H18OSi. The summed E-state index contributed by atoms with van der Waals surface area (Å²) in [5, 5.41) is 0. The van der Waals surface area contributed by atoms with Gasteiger partial charge >= 0.3 is 0 Å². The Labute approximate surface area is 61.2 Å². The molecule has 0 N–H and O–H groups in total. The van der Waals surface area contributed by atoms with Crippen molar-refractivity contribution in [1.29, 1.82) is 0 Å². The summed E-state index contributed by atoms with van der Waals surface area (Å²) >= 11 is 0. The highest BCUT2D eigenvalue weighted by molar-refractivity contribution is 6.08. The third-order valence-electron chi connectivity index (χ3n) is 1.67. The summed E-state index contributed by atoms with van der Waals surface area (Å²) in [4.78, 5) is 0. The lowest BCUT2D eigenvalue weighted by Gasteiger charge is -2.10. The molecule has 0 aromatic carbocycles. The number of hydrogen-bond acceptors (Lipinski definition) is 1. The van der Waals surface area contributed by atoms with Crippen LogP contribution in [-0.2, 0) is 4.74 Å². The van der Waals surface area contributed by atoms with Crippen LogP contribution in [0, 0.1) is 0 Å². The molecular weight excluding hydrogens is 128 g/mol. The molecule has 0 amide bonds. The van der Waals surface area contributed by atoms with Gasteiger partial charge in [-0.2, -0.15) is 0 Å². The van der Waals surface area contributed by atoms with Gasteiger partial charge in [0, 0.05) is 17.4 Å². The first-order chi connectivity index (χ1) is 4.35. The minimum Gasteiger partial charge on any atom is -0.381 e. The predicted molar refractivity (Wildman–Crippen MR) is 45.1 cm³/mol. The molecule has 0 aliphatic heterocycles. The van der Waals surface area contributed by atoms with Gasteiger partial charge in [0.25, 0.3) is 0 Å². The van der Waals surface area contributed by atoms with E-state index >= 15 is 0 Å². The molecule has 0 aliphatic rings. The average molecular weight is 146 g/mol. The SMILES string of the molecule is CCC(CCC[SiH3])OC. The zero-order valence-corrected chi connectivity index (χ0v) is 8.81. The van der Waals surface area contributed by atoms with E-state index in [-0.39, 0.29) is 0 Å². The molecule has 0 bridgehead atoms. The molecule has 0 spiro atoms. The van der Waals surface area contributed by atoms with E-state index in [1.165, 1.54) is 29.1 Å². The first-order valence-corrected chi connectivity index (χ1v) is 5.29. The lowest BCUT2D eigenvalue weighted by Crippen LogP contribution is -2.07. The van der Waals surface area contributed by atoms with Crippen LogP contribution in [0.25, 0.3) is 0 Å². The van der Waals surface area contributed by atoms with E-state index in [9.17, 15) is 0 Å². The maximum atomic E-state index is 5.22. The zero-order chi connectivity index (χ0) is 7.11. The van der Waals surface area contributed by atoms with Crippen LogP contribution in [0.5, 0.6) is 0 Å². The van der Waals surface area contributed by atoms with Gasteiger partial charge in [0.05, 0.1) is 6.10 Å². The molecule has 0 aromatic heterocycles. The van der Waals surface area contributed by atoms with E-state index in [0.29, 0.717) is 6.10 Å². The first kappa shape index (κ1) is 9.18. The van der Waals surface area contributed by atoms with Crippen LogP contribution in [0.2, 0.25) is 6.04 Å². The molecule has 1 nitrogen and oxygen atoms in total. The summed E-state index contributed by atoms with van der Waals surface area (Å²) in [5.74, 6) is 0. The van der Waals surface area contributed by atoms with Gasteiger partial charge < -0.3 is 4.74 Å². The Morgan fingerprint density at radius 3 is 2.56 bits per heavy atom. The fourth-order valence-corrected chi connectivity index (χ4v) is 1.33.